The average molecular weight is 406 g/mol. The number of anilines is 3. The zero-order chi connectivity index (χ0) is 20.5. The van der Waals surface area contributed by atoms with Crippen LogP contribution < -0.4 is 10.6 Å². The van der Waals surface area contributed by atoms with Gasteiger partial charge in [-0.3, -0.25) is 4.68 Å². The molecule has 2 aromatic rings. The fourth-order valence-electron chi connectivity index (χ4n) is 2.87. The maximum absolute atomic E-state index is 13.0. The van der Waals surface area contributed by atoms with Gasteiger partial charge in [-0.05, 0) is 26.7 Å². The number of ether oxygens (including phenoxy) is 1. The Kier molecular flexibility index (Phi) is 5.68. The maximum atomic E-state index is 13.0. The molecule has 7 nitrogen and oxygen atoms in total. The quantitative estimate of drug-likeness (QED) is 0.674. The Balaban J connectivity index is 1.72. The van der Waals surface area contributed by atoms with Gasteiger partial charge in [0.05, 0.1) is 23.5 Å². The second kappa shape index (κ2) is 7.86. The zero-order valence-electron chi connectivity index (χ0n) is 15.1. The molecule has 0 amide bonds. The average Bonchev–Trinajstić information content (AvgIpc) is 2.90. The number of halogens is 5. The first kappa shape index (κ1) is 20.2. The van der Waals surface area contributed by atoms with Gasteiger partial charge in [0.1, 0.15) is 11.4 Å². The third-order valence-corrected chi connectivity index (χ3v) is 4.34. The highest BCUT2D eigenvalue weighted by molar-refractivity contribution is 5.58. The van der Waals surface area contributed by atoms with Crippen LogP contribution in [0.1, 0.15) is 37.1 Å². The molecule has 1 aliphatic carbocycles. The lowest BCUT2D eigenvalue weighted by Crippen LogP contribution is -2.34. The Morgan fingerprint density at radius 3 is 2.64 bits per heavy atom. The topological polar surface area (TPSA) is 76.9 Å². The molecule has 0 aromatic carbocycles. The van der Waals surface area contributed by atoms with E-state index in [1.54, 1.807) is 24.7 Å². The van der Waals surface area contributed by atoms with Crippen LogP contribution in [0.5, 0.6) is 0 Å². The summed E-state index contributed by atoms with van der Waals surface area (Å²) in [4.78, 5) is 7.64. The molecule has 2 heterocycles. The molecule has 0 atom stereocenters. The molecule has 154 valence electrons. The largest absolute Gasteiger partial charge is 0.421 e. The molecule has 1 saturated carbocycles. The van der Waals surface area contributed by atoms with Gasteiger partial charge in [0, 0.05) is 18.9 Å². The summed E-state index contributed by atoms with van der Waals surface area (Å²) < 4.78 is 69.5. The van der Waals surface area contributed by atoms with Crippen molar-refractivity contribution >= 4 is 17.5 Å². The third kappa shape index (κ3) is 4.49. The number of alkyl halides is 5. The van der Waals surface area contributed by atoms with Crippen LogP contribution in [0.25, 0.3) is 0 Å². The Morgan fingerprint density at radius 1 is 1.32 bits per heavy atom. The summed E-state index contributed by atoms with van der Waals surface area (Å²) >= 11 is 0. The van der Waals surface area contributed by atoms with Crippen molar-refractivity contribution in [2.75, 3.05) is 17.2 Å². The number of hydrogen-bond acceptors (Lipinski definition) is 6. The Labute approximate surface area is 157 Å². The van der Waals surface area contributed by atoms with E-state index in [4.69, 9.17) is 0 Å². The highest BCUT2D eigenvalue weighted by atomic mass is 19.4. The van der Waals surface area contributed by atoms with Crippen LogP contribution >= 0.6 is 0 Å². The van der Waals surface area contributed by atoms with Gasteiger partial charge in [-0.1, -0.05) is 0 Å². The lowest BCUT2D eigenvalue weighted by molar-refractivity contribution is -0.189. The summed E-state index contributed by atoms with van der Waals surface area (Å²) in [6.45, 7) is 0.831. The fourth-order valence-corrected chi connectivity index (χ4v) is 2.87. The predicted molar refractivity (Wildman–Crippen MR) is 90.6 cm³/mol. The van der Waals surface area contributed by atoms with E-state index in [1.165, 1.54) is 0 Å². The molecule has 0 aliphatic heterocycles. The van der Waals surface area contributed by atoms with Crippen molar-refractivity contribution in [1.82, 2.24) is 19.7 Å². The summed E-state index contributed by atoms with van der Waals surface area (Å²) in [5.74, 6) is -0.331. The van der Waals surface area contributed by atoms with Crippen LogP contribution in [0.2, 0.25) is 0 Å². The number of nitrogens with one attached hydrogen (secondary N) is 2. The van der Waals surface area contributed by atoms with Gasteiger partial charge in [-0.15, -0.1) is 0 Å². The maximum Gasteiger partial charge on any atom is 0.421 e. The molecule has 0 bridgehead atoms. The van der Waals surface area contributed by atoms with Crippen molar-refractivity contribution in [2.45, 2.75) is 51.6 Å². The zero-order valence-corrected chi connectivity index (χ0v) is 15.1. The minimum absolute atomic E-state index is 0.0147. The lowest BCUT2D eigenvalue weighted by Gasteiger charge is -2.34. The number of rotatable bonds is 7. The van der Waals surface area contributed by atoms with Crippen LogP contribution in [-0.4, -0.2) is 39.0 Å². The molecule has 0 saturated heterocycles. The molecule has 12 heteroatoms. The summed E-state index contributed by atoms with van der Waals surface area (Å²) in [7, 11) is 0. The Bertz CT molecular complexity index is 818. The van der Waals surface area contributed by atoms with Crippen molar-refractivity contribution in [3.05, 3.63) is 23.7 Å². The minimum Gasteiger partial charge on any atom is -0.370 e. The molecule has 2 aromatic heterocycles. The number of nitrogens with zero attached hydrogens (tertiary/aromatic N) is 4. The summed E-state index contributed by atoms with van der Waals surface area (Å²) in [5.41, 5.74) is 0.138. The highest BCUT2D eigenvalue weighted by Crippen LogP contribution is 2.37. The van der Waals surface area contributed by atoms with E-state index in [-0.39, 0.29) is 24.4 Å². The smallest absolute Gasteiger partial charge is 0.370 e. The molecular formula is C16H19F5N6O. The minimum atomic E-state index is -4.57. The number of aryl methyl sites for hydroxylation is 1. The Hall–Kier alpha value is -2.50. The first-order valence-electron chi connectivity index (χ1n) is 8.61. The van der Waals surface area contributed by atoms with Crippen molar-refractivity contribution in [3.8, 4) is 0 Å². The van der Waals surface area contributed by atoms with Crippen molar-refractivity contribution in [3.63, 3.8) is 0 Å². The third-order valence-electron chi connectivity index (χ3n) is 4.34. The summed E-state index contributed by atoms with van der Waals surface area (Å²) in [6, 6.07) is -0.0798. The fraction of sp³-hybridized carbons (Fsp3) is 0.562. The molecule has 0 spiro atoms. The monoisotopic (exact) mass is 406 g/mol. The predicted octanol–water partition coefficient (Wildman–Crippen LogP) is 4.12. The van der Waals surface area contributed by atoms with E-state index in [0.717, 1.165) is 0 Å². The van der Waals surface area contributed by atoms with E-state index in [1.807, 2.05) is 0 Å². The molecular weight excluding hydrogens is 387 g/mol. The van der Waals surface area contributed by atoms with Gasteiger partial charge >= 0.3 is 12.8 Å². The van der Waals surface area contributed by atoms with Crippen LogP contribution in [0.4, 0.5) is 39.4 Å². The van der Waals surface area contributed by atoms with Crippen LogP contribution in [0, 0.1) is 6.92 Å². The van der Waals surface area contributed by atoms with Crippen molar-refractivity contribution in [1.29, 1.82) is 0 Å². The van der Waals surface area contributed by atoms with Gasteiger partial charge in [0.15, 0.2) is 0 Å². The lowest BCUT2D eigenvalue weighted by atomic mass is 9.89. The summed E-state index contributed by atoms with van der Waals surface area (Å²) in [6.07, 6.45) is -1.90. The van der Waals surface area contributed by atoms with Gasteiger partial charge in [-0.2, -0.15) is 32.0 Å². The first-order chi connectivity index (χ1) is 13.2. The second-order valence-electron chi connectivity index (χ2n) is 6.36. The second-order valence-corrected chi connectivity index (χ2v) is 6.36. The van der Waals surface area contributed by atoms with Gasteiger partial charge < -0.3 is 15.4 Å². The van der Waals surface area contributed by atoms with Crippen LogP contribution in [0.15, 0.2) is 12.4 Å². The SMILES string of the molecule is CCNc1nc(Nc2cn([C@H]3C[C@H](OC(F)F)C3)nc2C)ncc1C(F)(F)F. The van der Waals surface area contributed by atoms with E-state index in [0.29, 0.717) is 30.4 Å². The normalized spacial score (nSPS) is 19.6. The molecule has 3 rings (SSSR count). The van der Waals surface area contributed by atoms with E-state index in [9.17, 15) is 22.0 Å². The van der Waals surface area contributed by atoms with E-state index >= 15 is 0 Å². The van der Waals surface area contributed by atoms with E-state index < -0.39 is 24.5 Å². The molecule has 28 heavy (non-hydrogen) atoms. The number of aromatic nitrogens is 4. The Morgan fingerprint density at radius 2 is 2.04 bits per heavy atom. The molecule has 0 radical (unpaired) electrons. The molecule has 2 N–H and O–H groups in total. The van der Waals surface area contributed by atoms with Gasteiger partial charge in [-0.25, -0.2) is 4.98 Å². The standard InChI is InChI=1S/C16H19F5N6O/c1-3-22-13-11(16(19,20)21)6-23-15(25-13)24-12-7-27(26-8(12)2)9-4-10(5-9)28-14(17)18/h6-7,9-10,14H,3-5H2,1-2H3,(H2,22,23,24,25)/t9-,10-. The molecule has 0 unspecified atom stereocenters. The van der Waals surface area contributed by atoms with E-state index in [2.05, 4.69) is 30.4 Å². The highest BCUT2D eigenvalue weighted by Gasteiger charge is 2.36. The molecule has 1 aliphatic rings. The first-order valence-corrected chi connectivity index (χ1v) is 8.61. The van der Waals surface area contributed by atoms with Crippen LogP contribution in [-0.2, 0) is 10.9 Å². The molecule has 1 fully saturated rings. The van der Waals surface area contributed by atoms with Crippen LogP contribution in [0.3, 0.4) is 0 Å². The summed E-state index contributed by atoms with van der Waals surface area (Å²) in [5, 5.41) is 9.75. The number of hydrogen-bond donors (Lipinski definition) is 2. The van der Waals surface area contributed by atoms with Crippen molar-refractivity contribution < 1.29 is 26.7 Å². The van der Waals surface area contributed by atoms with Gasteiger partial charge in [0.25, 0.3) is 0 Å². The van der Waals surface area contributed by atoms with Gasteiger partial charge in [0.2, 0.25) is 5.95 Å². The van der Waals surface area contributed by atoms with Crippen molar-refractivity contribution in [2.24, 2.45) is 0 Å².